The molecule has 1 aliphatic heterocycles. The molecule has 0 aromatic heterocycles. The molecule has 1 fully saturated rings. The zero-order valence-corrected chi connectivity index (χ0v) is 7.77. The van der Waals surface area contributed by atoms with Gasteiger partial charge in [-0.05, 0) is 0 Å². The molecule has 3 N–H and O–H groups in total. The molecule has 0 bridgehead atoms. The minimum atomic E-state index is -0.530. The normalized spacial score (nSPS) is 30.7. The van der Waals surface area contributed by atoms with Crippen molar-refractivity contribution in [3.05, 3.63) is 0 Å². The van der Waals surface area contributed by atoms with Crippen molar-refractivity contribution < 1.29 is 19.7 Å². The number of aliphatic hydroxyl groups excluding tert-OH is 2. The molecule has 0 saturated carbocycles. The summed E-state index contributed by atoms with van der Waals surface area (Å²) in [5.74, 6) is 0. The second-order valence-corrected chi connectivity index (χ2v) is 3.23. The summed E-state index contributed by atoms with van der Waals surface area (Å²) in [7, 11) is 1.54. The third kappa shape index (κ3) is 3.58. The zero-order valence-electron chi connectivity index (χ0n) is 7.77. The Hall–Kier alpha value is -0.200. The van der Waals surface area contributed by atoms with Gasteiger partial charge in [-0.3, -0.25) is 0 Å². The summed E-state index contributed by atoms with van der Waals surface area (Å²) in [6.45, 7) is 1.59. The van der Waals surface area contributed by atoms with Crippen LogP contribution >= 0.6 is 0 Å². The van der Waals surface area contributed by atoms with E-state index < -0.39 is 12.2 Å². The van der Waals surface area contributed by atoms with E-state index in [9.17, 15) is 10.2 Å². The van der Waals surface area contributed by atoms with E-state index in [4.69, 9.17) is 9.47 Å². The first-order valence-electron chi connectivity index (χ1n) is 4.40. The molecule has 5 nitrogen and oxygen atoms in total. The number of hydrogen-bond donors (Lipinski definition) is 3. The SMILES string of the molecule is COCC(O)CNC1COCC1O. The third-order valence-electron chi connectivity index (χ3n) is 2.03. The van der Waals surface area contributed by atoms with Crippen LogP contribution in [0.5, 0.6) is 0 Å². The van der Waals surface area contributed by atoms with Crippen LogP contribution in [0.1, 0.15) is 0 Å². The number of methoxy groups -OCH3 is 1. The predicted molar refractivity (Wildman–Crippen MR) is 46.5 cm³/mol. The fraction of sp³-hybridized carbons (Fsp3) is 1.00. The number of aliphatic hydroxyl groups is 2. The summed E-state index contributed by atoms with van der Waals surface area (Å²) in [4.78, 5) is 0. The van der Waals surface area contributed by atoms with Crippen molar-refractivity contribution in [1.29, 1.82) is 0 Å². The van der Waals surface area contributed by atoms with Crippen molar-refractivity contribution in [2.24, 2.45) is 0 Å². The van der Waals surface area contributed by atoms with Crippen molar-refractivity contribution in [2.45, 2.75) is 18.2 Å². The van der Waals surface area contributed by atoms with Gasteiger partial charge in [-0.25, -0.2) is 0 Å². The van der Waals surface area contributed by atoms with Gasteiger partial charge in [0.15, 0.2) is 0 Å². The minimum Gasteiger partial charge on any atom is -0.389 e. The van der Waals surface area contributed by atoms with Crippen LogP contribution in [0.2, 0.25) is 0 Å². The maximum Gasteiger partial charge on any atom is 0.0948 e. The Morgan fingerprint density at radius 2 is 2.38 bits per heavy atom. The van der Waals surface area contributed by atoms with Gasteiger partial charge in [0.25, 0.3) is 0 Å². The Labute approximate surface area is 77.7 Å². The standard InChI is InChI=1S/C8H17NO4/c1-12-3-6(10)2-9-7-4-13-5-8(7)11/h6-11H,2-5H2,1H3. The van der Waals surface area contributed by atoms with Crippen LogP contribution in [0.4, 0.5) is 0 Å². The van der Waals surface area contributed by atoms with Crippen molar-refractivity contribution in [3.8, 4) is 0 Å². The van der Waals surface area contributed by atoms with Gasteiger partial charge in [0.2, 0.25) is 0 Å². The lowest BCUT2D eigenvalue weighted by Gasteiger charge is -2.17. The second-order valence-electron chi connectivity index (χ2n) is 3.23. The molecule has 0 aromatic rings. The molecule has 0 aromatic carbocycles. The number of hydrogen-bond acceptors (Lipinski definition) is 5. The van der Waals surface area contributed by atoms with Crippen LogP contribution < -0.4 is 5.32 Å². The van der Waals surface area contributed by atoms with Crippen LogP contribution in [0.25, 0.3) is 0 Å². The van der Waals surface area contributed by atoms with Gasteiger partial charge >= 0.3 is 0 Å². The molecule has 3 atom stereocenters. The fourth-order valence-electron chi connectivity index (χ4n) is 1.28. The fourth-order valence-corrected chi connectivity index (χ4v) is 1.28. The van der Waals surface area contributed by atoms with Gasteiger partial charge in [-0.1, -0.05) is 0 Å². The monoisotopic (exact) mass is 191 g/mol. The maximum absolute atomic E-state index is 9.33. The molecule has 1 aliphatic rings. The molecule has 0 spiro atoms. The molecule has 13 heavy (non-hydrogen) atoms. The largest absolute Gasteiger partial charge is 0.389 e. The Morgan fingerprint density at radius 3 is 2.92 bits per heavy atom. The van der Waals surface area contributed by atoms with E-state index >= 15 is 0 Å². The summed E-state index contributed by atoms with van der Waals surface area (Å²) in [5.41, 5.74) is 0. The number of ether oxygens (including phenoxy) is 2. The van der Waals surface area contributed by atoms with E-state index in [1.807, 2.05) is 0 Å². The maximum atomic E-state index is 9.33. The zero-order chi connectivity index (χ0) is 9.68. The van der Waals surface area contributed by atoms with Crippen LogP contribution in [-0.2, 0) is 9.47 Å². The van der Waals surface area contributed by atoms with Crippen LogP contribution in [-0.4, -0.2) is 61.9 Å². The summed E-state index contributed by atoms with van der Waals surface area (Å²) in [5, 5.41) is 21.6. The van der Waals surface area contributed by atoms with Crippen molar-refractivity contribution in [1.82, 2.24) is 5.32 Å². The molecule has 1 rings (SSSR count). The van der Waals surface area contributed by atoms with Gasteiger partial charge in [0.05, 0.1) is 38.1 Å². The Balaban J connectivity index is 2.10. The van der Waals surface area contributed by atoms with Crippen molar-refractivity contribution in [2.75, 3.05) is 33.5 Å². The molecule has 1 heterocycles. The number of rotatable bonds is 5. The van der Waals surface area contributed by atoms with E-state index in [0.29, 0.717) is 26.4 Å². The molecule has 0 radical (unpaired) electrons. The van der Waals surface area contributed by atoms with Crippen LogP contribution in [0, 0.1) is 0 Å². The average Bonchev–Trinajstić information content (AvgIpc) is 2.48. The molecular weight excluding hydrogens is 174 g/mol. The first-order valence-corrected chi connectivity index (χ1v) is 4.40. The highest BCUT2D eigenvalue weighted by Crippen LogP contribution is 2.04. The minimum absolute atomic E-state index is 0.0634. The van der Waals surface area contributed by atoms with Gasteiger partial charge < -0.3 is 25.0 Å². The molecule has 0 aliphatic carbocycles. The summed E-state index contributed by atoms with van der Waals surface area (Å²) >= 11 is 0. The summed E-state index contributed by atoms with van der Waals surface area (Å²) < 4.78 is 9.80. The van der Waals surface area contributed by atoms with Crippen LogP contribution in [0.3, 0.4) is 0 Å². The first-order chi connectivity index (χ1) is 6.24. The highest BCUT2D eigenvalue weighted by atomic mass is 16.5. The highest BCUT2D eigenvalue weighted by molar-refractivity contribution is 4.81. The van der Waals surface area contributed by atoms with Crippen molar-refractivity contribution in [3.63, 3.8) is 0 Å². The Morgan fingerprint density at radius 1 is 1.62 bits per heavy atom. The third-order valence-corrected chi connectivity index (χ3v) is 2.03. The topological polar surface area (TPSA) is 71.0 Å². The van der Waals surface area contributed by atoms with Gasteiger partial charge in [-0.2, -0.15) is 0 Å². The lowest BCUT2D eigenvalue weighted by atomic mass is 10.2. The van der Waals surface area contributed by atoms with E-state index in [2.05, 4.69) is 5.32 Å². The smallest absolute Gasteiger partial charge is 0.0948 e. The van der Waals surface area contributed by atoms with Gasteiger partial charge in [0, 0.05) is 13.7 Å². The van der Waals surface area contributed by atoms with E-state index in [0.717, 1.165) is 0 Å². The van der Waals surface area contributed by atoms with E-state index in [1.54, 1.807) is 0 Å². The summed E-state index contributed by atoms with van der Waals surface area (Å²) in [6, 6.07) is -0.0634. The highest BCUT2D eigenvalue weighted by Gasteiger charge is 2.25. The van der Waals surface area contributed by atoms with Gasteiger partial charge in [0.1, 0.15) is 0 Å². The second kappa shape index (κ2) is 5.51. The van der Waals surface area contributed by atoms with E-state index in [1.165, 1.54) is 7.11 Å². The molecular formula is C8H17NO4. The van der Waals surface area contributed by atoms with E-state index in [-0.39, 0.29) is 6.04 Å². The lowest BCUT2D eigenvalue weighted by Crippen LogP contribution is -2.43. The van der Waals surface area contributed by atoms with Crippen LogP contribution in [0.15, 0.2) is 0 Å². The average molecular weight is 191 g/mol. The lowest BCUT2D eigenvalue weighted by molar-refractivity contribution is 0.0588. The molecule has 3 unspecified atom stereocenters. The molecule has 5 heteroatoms. The van der Waals surface area contributed by atoms with Gasteiger partial charge in [-0.15, -0.1) is 0 Å². The Bertz CT molecular complexity index is 144. The number of nitrogens with one attached hydrogen (secondary N) is 1. The molecule has 0 amide bonds. The molecule has 1 saturated heterocycles. The summed E-state index contributed by atoms with van der Waals surface area (Å²) in [6.07, 6.45) is -0.993. The Kier molecular flexibility index (Phi) is 4.61. The van der Waals surface area contributed by atoms with Crippen molar-refractivity contribution >= 4 is 0 Å². The predicted octanol–water partition coefficient (Wildman–Crippen LogP) is -1.66. The quantitative estimate of drug-likeness (QED) is 0.485. The molecule has 78 valence electrons. The first kappa shape index (κ1) is 10.9.